The zero-order chi connectivity index (χ0) is 14.2. The SMILES string of the molecule is COc1cc([C@H]2C[C@H]2[B-](F)(F)F)cc(OC)c1OC. The third kappa shape index (κ3) is 2.59. The first-order valence-corrected chi connectivity index (χ1v) is 5.92. The average Bonchev–Trinajstić information content (AvgIpc) is 3.16. The molecule has 1 saturated carbocycles. The van der Waals surface area contributed by atoms with Gasteiger partial charge >= 0.3 is 6.98 Å². The van der Waals surface area contributed by atoms with E-state index in [0.717, 1.165) is 0 Å². The van der Waals surface area contributed by atoms with Crippen molar-refractivity contribution in [3.63, 3.8) is 0 Å². The summed E-state index contributed by atoms with van der Waals surface area (Å²) in [6.07, 6.45) is 0.141. The van der Waals surface area contributed by atoms with E-state index in [0.29, 0.717) is 22.8 Å². The summed E-state index contributed by atoms with van der Waals surface area (Å²) in [6.45, 7) is -4.78. The number of benzene rings is 1. The first-order chi connectivity index (χ1) is 8.92. The van der Waals surface area contributed by atoms with Gasteiger partial charge in [0.05, 0.1) is 21.3 Å². The number of rotatable bonds is 5. The molecule has 0 aromatic heterocycles. The number of methoxy groups -OCH3 is 3. The lowest BCUT2D eigenvalue weighted by Crippen LogP contribution is -2.15. The van der Waals surface area contributed by atoms with Crippen LogP contribution in [0.1, 0.15) is 17.9 Å². The quantitative estimate of drug-likeness (QED) is 0.770. The van der Waals surface area contributed by atoms with E-state index in [1.165, 1.54) is 21.3 Å². The number of ether oxygens (including phenoxy) is 3. The van der Waals surface area contributed by atoms with Crippen LogP contribution in [-0.2, 0) is 0 Å². The third-order valence-corrected chi connectivity index (χ3v) is 3.44. The van der Waals surface area contributed by atoms with Gasteiger partial charge in [-0.05, 0) is 23.6 Å². The van der Waals surface area contributed by atoms with E-state index >= 15 is 0 Å². The molecular weight excluding hydrogens is 260 g/mol. The van der Waals surface area contributed by atoms with E-state index in [2.05, 4.69) is 0 Å². The van der Waals surface area contributed by atoms with Gasteiger partial charge in [-0.15, -0.1) is 0 Å². The lowest BCUT2D eigenvalue weighted by molar-refractivity contribution is 0.323. The molecule has 2 atom stereocenters. The largest absolute Gasteiger partial charge is 0.493 e. The van der Waals surface area contributed by atoms with E-state index in [-0.39, 0.29) is 6.42 Å². The summed E-state index contributed by atoms with van der Waals surface area (Å²) in [5.41, 5.74) is 0.582. The van der Waals surface area contributed by atoms with Crippen molar-refractivity contribution in [1.82, 2.24) is 0 Å². The zero-order valence-corrected chi connectivity index (χ0v) is 11.0. The lowest BCUT2D eigenvalue weighted by atomic mass is 9.81. The highest BCUT2D eigenvalue weighted by Crippen LogP contribution is 2.60. The van der Waals surface area contributed by atoms with Crippen LogP contribution in [0, 0.1) is 0 Å². The van der Waals surface area contributed by atoms with E-state index in [9.17, 15) is 12.9 Å². The molecule has 0 spiro atoms. The molecule has 106 valence electrons. The summed E-state index contributed by atoms with van der Waals surface area (Å²) < 4.78 is 53.4. The maximum absolute atomic E-state index is 12.7. The van der Waals surface area contributed by atoms with Gasteiger partial charge < -0.3 is 27.2 Å². The normalized spacial score (nSPS) is 22.0. The Morgan fingerprint density at radius 2 is 1.53 bits per heavy atom. The summed E-state index contributed by atoms with van der Waals surface area (Å²) in [4.78, 5) is 0. The Morgan fingerprint density at radius 1 is 1.00 bits per heavy atom. The van der Waals surface area contributed by atoms with Gasteiger partial charge in [-0.3, -0.25) is 0 Å². The van der Waals surface area contributed by atoms with Crippen molar-refractivity contribution in [2.24, 2.45) is 0 Å². The predicted octanol–water partition coefficient (Wildman–Crippen LogP) is 3.42. The van der Waals surface area contributed by atoms with E-state index in [1.807, 2.05) is 0 Å². The summed E-state index contributed by atoms with van der Waals surface area (Å²) >= 11 is 0. The highest BCUT2D eigenvalue weighted by molar-refractivity contribution is 6.61. The maximum Gasteiger partial charge on any atom is 0.481 e. The number of halogens is 3. The molecule has 0 aliphatic heterocycles. The molecule has 0 unspecified atom stereocenters. The summed E-state index contributed by atoms with van der Waals surface area (Å²) in [6, 6.07) is 3.18. The van der Waals surface area contributed by atoms with Crippen LogP contribution in [0.15, 0.2) is 12.1 Å². The van der Waals surface area contributed by atoms with Crippen molar-refractivity contribution in [1.29, 1.82) is 0 Å². The van der Waals surface area contributed by atoms with Crippen LogP contribution in [-0.4, -0.2) is 28.3 Å². The van der Waals surface area contributed by atoms with Crippen LogP contribution in [0.5, 0.6) is 17.2 Å². The van der Waals surface area contributed by atoms with Crippen LogP contribution in [0.4, 0.5) is 12.9 Å². The Balaban J connectivity index is 2.34. The Hall–Kier alpha value is -1.53. The molecule has 1 aliphatic carbocycles. The van der Waals surface area contributed by atoms with Gasteiger partial charge in [0.15, 0.2) is 11.5 Å². The summed E-state index contributed by atoms with van der Waals surface area (Å²) in [5, 5.41) is 0. The van der Waals surface area contributed by atoms with Crippen LogP contribution < -0.4 is 14.2 Å². The molecule has 1 aliphatic rings. The van der Waals surface area contributed by atoms with Gasteiger partial charge in [0.25, 0.3) is 0 Å². The fourth-order valence-corrected chi connectivity index (χ4v) is 2.33. The minimum Gasteiger partial charge on any atom is -0.493 e. The number of hydrogen-bond acceptors (Lipinski definition) is 3. The molecule has 0 heterocycles. The first kappa shape index (κ1) is 13.9. The van der Waals surface area contributed by atoms with Crippen molar-refractivity contribution in [3.8, 4) is 17.2 Å². The second-order valence-corrected chi connectivity index (χ2v) is 4.59. The Bertz CT molecular complexity index is 451. The Morgan fingerprint density at radius 3 is 1.84 bits per heavy atom. The highest BCUT2D eigenvalue weighted by Gasteiger charge is 2.51. The molecule has 0 amide bonds. The molecule has 0 saturated heterocycles. The summed E-state index contributed by atoms with van der Waals surface area (Å²) in [7, 11) is 4.34. The van der Waals surface area contributed by atoms with E-state index in [4.69, 9.17) is 14.2 Å². The van der Waals surface area contributed by atoms with Crippen molar-refractivity contribution >= 4 is 6.98 Å². The third-order valence-electron chi connectivity index (χ3n) is 3.44. The minimum absolute atomic E-state index is 0.141. The second kappa shape index (κ2) is 4.87. The zero-order valence-electron chi connectivity index (χ0n) is 11.0. The second-order valence-electron chi connectivity index (χ2n) is 4.59. The first-order valence-electron chi connectivity index (χ1n) is 5.92. The van der Waals surface area contributed by atoms with Gasteiger partial charge in [0.1, 0.15) is 0 Å². The molecule has 0 radical (unpaired) electrons. The van der Waals surface area contributed by atoms with E-state index < -0.39 is 18.7 Å². The van der Waals surface area contributed by atoms with Crippen molar-refractivity contribution < 1.29 is 27.2 Å². The van der Waals surface area contributed by atoms with Gasteiger partial charge in [-0.2, -0.15) is 0 Å². The molecule has 2 rings (SSSR count). The van der Waals surface area contributed by atoms with Gasteiger partial charge in [-0.1, -0.05) is 12.2 Å². The van der Waals surface area contributed by atoms with Crippen LogP contribution >= 0.6 is 0 Å². The van der Waals surface area contributed by atoms with Crippen LogP contribution in [0.2, 0.25) is 5.82 Å². The van der Waals surface area contributed by atoms with Crippen molar-refractivity contribution in [2.75, 3.05) is 21.3 Å². The standard InChI is InChI=1S/C12H15BF3O3/c1-17-10-4-7(5-11(18-2)12(10)19-3)8-6-9(8)13(14,15)16/h4-5,8-9H,6H2,1-3H3/q-1/t8-,9-/m1/s1. The molecule has 1 aromatic carbocycles. The number of hydrogen-bond donors (Lipinski definition) is 0. The highest BCUT2D eigenvalue weighted by atomic mass is 19.4. The molecular formula is C12H15BF3O3-. The Kier molecular flexibility index (Phi) is 3.56. The maximum atomic E-state index is 12.7. The topological polar surface area (TPSA) is 27.7 Å². The molecule has 0 N–H and O–H groups in total. The molecule has 1 aromatic rings. The van der Waals surface area contributed by atoms with Gasteiger partial charge in [-0.25, -0.2) is 0 Å². The Labute approximate surface area is 109 Å². The molecule has 7 heteroatoms. The summed E-state index contributed by atoms with van der Waals surface area (Å²) in [5.74, 6) is -0.533. The fraction of sp³-hybridized carbons (Fsp3) is 0.500. The van der Waals surface area contributed by atoms with Crippen molar-refractivity contribution in [3.05, 3.63) is 17.7 Å². The fourth-order valence-electron chi connectivity index (χ4n) is 2.33. The molecule has 3 nitrogen and oxygen atoms in total. The predicted molar refractivity (Wildman–Crippen MR) is 66.3 cm³/mol. The minimum atomic E-state index is -4.78. The molecule has 19 heavy (non-hydrogen) atoms. The monoisotopic (exact) mass is 275 g/mol. The molecule has 1 fully saturated rings. The van der Waals surface area contributed by atoms with Gasteiger partial charge in [0, 0.05) is 0 Å². The van der Waals surface area contributed by atoms with Crippen LogP contribution in [0.25, 0.3) is 0 Å². The van der Waals surface area contributed by atoms with Crippen molar-refractivity contribution in [2.45, 2.75) is 18.2 Å². The smallest absolute Gasteiger partial charge is 0.481 e. The van der Waals surface area contributed by atoms with Crippen LogP contribution in [0.3, 0.4) is 0 Å². The lowest BCUT2D eigenvalue weighted by Gasteiger charge is -2.16. The van der Waals surface area contributed by atoms with Gasteiger partial charge in [0.2, 0.25) is 5.75 Å². The molecule has 0 bridgehead atoms. The average molecular weight is 275 g/mol. The van der Waals surface area contributed by atoms with E-state index in [1.54, 1.807) is 12.1 Å².